The number of aliphatic hydroxyl groups is 1. The SMILES string of the molecule is O[C@H]1C2CCC(CC2)[C@H]1C1c2ccccc2-c2cncn21. The lowest BCUT2D eigenvalue weighted by molar-refractivity contribution is -0.0693. The van der Waals surface area contributed by atoms with Crippen molar-refractivity contribution in [2.45, 2.75) is 37.8 Å². The molecule has 1 N–H and O–H groups in total. The molecule has 6 rings (SSSR count). The molecular weight excluding hydrogens is 260 g/mol. The molecule has 0 saturated heterocycles. The van der Waals surface area contributed by atoms with Crippen LogP contribution in [-0.4, -0.2) is 20.8 Å². The van der Waals surface area contributed by atoms with E-state index in [0.29, 0.717) is 17.8 Å². The van der Waals surface area contributed by atoms with Crippen LogP contribution in [0.25, 0.3) is 11.3 Å². The minimum atomic E-state index is -0.149. The van der Waals surface area contributed by atoms with Gasteiger partial charge in [0.25, 0.3) is 0 Å². The van der Waals surface area contributed by atoms with Gasteiger partial charge in [-0.3, -0.25) is 0 Å². The molecule has 1 aromatic carbocycles. The van der Waals surface area contributed by atoms with Gasteiger partial charge in [0.15, 0.2) is 0 Å². The van der Waals surface area contributed by atoms with Crippen molar-refractivity contribution in [3.8, 4) is 11.3 Å². The van der Waals surface area contributed by atoms with Crippen LogP contribution in [0.5, 0.6) is 0 Å². The fourth-order valence-corrected chi connectivity index (χ4v) is 5.17. The monoisotopic (exact) mass is 280 g/mol. The summed E-state index contributed by atoms with van der Waals surface area (Å²) < 4.78 is 2.30. The molecule has 108 valence electrons. The highest BCUT2D eigenvalue weighted by Crippen LogP contribution is 2.54. The maximum Gasteiger partial charge on any atom is 0.0956 e. The first-order valence-electron chi connectivity index (χ1n) is 8.14. The van der Waals surface area contributed by atoms with Crippen molar-refractivity contribution in [2.75, 3.05) is 0 Å². The Labute approximate surface area is 124 Å². The van der Waals surface area contributed by atoms with Crippen molar-refractivity contribution in [1.29, 1.82) is 0 Å². The fraction of sp³-hybridized carbons (Fsp3) is 0.500. The molecule has 1 unspecified atom stereocenters. The normalized spacial score (nSPS) is 36.5. The van der Waals surface area contributed by atoms with E-state index in [-0.39, 0.29) is 12.1 Å². The third kappa shape index (κ3) is 1.50. The van der Waals surface area contributed by atoms with Crippen LogP contribution < -0.4 is 0 Å². The molecule has 3 atom stereocenters. The van der Waals surface area contributed by atoms with Crippen LogP contribution in [0, 0.1) is 17.8 Å². The van der Waals surface area contributed by atoms with Gasteiger partial charge in [0, 0.05) is 11.5 Å². The molecule has 0 spiro atoms. The second-order valence-corrected chi connectivity index (χ2v) is 6.96. The quantitative estimate of drug-likeness (QED) is 0.870. The first kappa shape index (κ1) is 12.0. The molecule has 3 heteroatoms. The zero-order valence-corrected chi connectivity index (χ0v) is 12.0. The molecular formula is C18H20N2O. The summed E-state index contributed by atoms with van der Waals surface area (Å²) in [5, 5.41) is 10.9. The summed E-state index contributed by atoms with van der Waals surface area (Å²) in [7, 11) is 0. The fourth-order valence-electron chi connectivity index (χ4n) is 5.17. The highest BCUT2D eigenvalue weighted by atomic mass is 16.3. The lowest BCUT2D eigenvalue weighted by Crippen LogP contribution is -2.47. The van der Waals surface area contributed by atoms with Gasteiger partial charge in [0.1, 0.15) is 0 Å². The minimum absolute atomic E-state index is 0.149. The van der Waals surface area contributed by atoms with Gasteiger partial charge >= 0.3 is 0 Å². The second kappa shape index (κ2) is 4.20. The number of hydrogen-bond acceptors (Lipinski definition) is 2. The topological polar surface area (TPSA) is 38.1 Å². The van der Waals surface area contributed by atoms with Gasteiger partial charge in [0.2, 0.25) is 0 Å². The number of aromatic nitrogens is 2. The molecule has 4 aliphatic rings. The van der Waals surface area contributed by atoms with Gasteiger partial charge in [-0.15, -0.1) is 0 Å². The standard InChI is InChI=1S/C18H20N2O/c21-18-12-7-5-11(6-8-12)16(18)17-14-4-2-1-3-13(14)15-9-19-10-20(15)17/h1-4,9-12,16-18,21H,5-8H2/t11?,12?,16-,17?,18-/m0/s1. The summed E-state index contributed by atoms with van der Waals surface area (Å²) in [6, 6.07) is 8.93. The lowest BCUT2D eigenvalue weighted by Gasteiger charge is -2.49. The molecule has 0 amide bonds. The number of imidazole rings is 1. The van der Waals surface area contributed by atoms with Crippen molar-refractivity contribution >= 4 is 0 Å². The van der Waals surface area contributed by atoms with Gasteiger partial charge < -0.3 is 9.67 Å². The number of benzene rings is 1. The Balaban J connectivity index is 1.67. The lowest BCUT2D eigenvalue weighted by atomic mass is 9.60. The van der Waals surface area contributed by atoms with E-state index in [1.807, 2.05) is 12.5 Å². The second-order valence-electron chi connectivity index (χ2n) is 6.96. The number of nitrogens with zero attached hydrogens (tertiary/aromatic N) is 2. The van der Waals surface area contributed by atoms with Gasteiger partial charge in [-0.05, 0) is 43.1 Å². The van der Waals surface area contributed by atoms with E-state index in [9.17, 15) is 5.11 Å². The summed E-state index contributed by atoms with van der Waals surface area (Å²) >= 11 is 0. The molecule has 1 aliphatic heterocycles. The van der Waals surface area contributed by atoms with E-state index in [2.05, 4.69) is 33.8 Å². The highest BCUT2D eigenvalue weighted by Gasteiger charge is 2.49. The molecule has 21 heavy (non-hydrogen) atoms. The van der Waals surface area contributed by atoms with Crippen LogP contribution in [0.2, 0.25) is 0 Å². The average molecular weight is 280 g/mol. The Morgan fingerprint density at radius 1 is 1.05 bits per heavy atom. The summed E-state index contributed by atoms with van der Waals surface area (Å²) in [6.07, 6.45) is 8.77. The van der Waals surface area contributed by atoms with Crippen LogP contribution >= 0.6 is 0 Å². The van der Waals surface area contributed by atoms with Crippen molar-refractivity contribution in [2.24, 2.45) is 17.8 Å². The zero-order valence-electron chi connectivity index (χ0n) is 12.0. The van der Waals surface area contributed by atoms with E-state index in [4.69, 9.17) is 0 Å². The first-order valence-corrected chi connectivity index (χ1v) is 8.14. The number of hydrogen-bond donors (Lipinski definition) is 1. The largest absolute Gasteiger partial charge is 0.392 e. The average Bonchev–Trinajstić information content (AvgIpc) is 3.10. The van der Waals surface area contributed by atoms with Crippen LogP contribution in [0.15, 0.2) is 36.8 Å². The van der Waals surface area contributed by atoms with Gasteiger partial charge in [-0.25, -0.2) is 4.98 Å². The Bertz CT molecular complexity index is 682. The zero-order chi connectivity index (χ0) is 14.0. The third-order valence-electron chi connectivity index (χ3n) is 6.12. The predicted molar refractivity (Wildman–Crippen MR) is 80.7 cm³/mol. The molecule has 2 bridgehead atoms. The number of rotatable bonds is 1. The third-order valence-corrected chi connectivity index (χ3v) is 6.12. The van der Waals surface area contributed by atoms with Crippen molar-refractivity contribution in [3.05, 3.63) is 42.4 Å². The molecule has 0 radical (unpaired) electrons. The number of fused-ring (bicyclic) bond motifs is 6. The molecule has 3 nitrogen and oxygen atoms in total. The predicted octanol–water partition coefficient (Wildman–Crippen LogP) is 3.25. The van der Waals surface area contributed by atoms with Gasteiger partial charge in [0.05, 0.1) is 30.4 Å². The number of aliphatic hydroxyl groups excluding tert-OH is 1. The maximum absolute atomic E-state index is 10.9. The van der Waals surface area contributed by atoms with Crippen molar-refractivity contribution in [1.82, 2.24) is 9.55 Å². The summed E-state index contributed by atoms with van der Waals surface area (Å²) in [4.78, 5) is 4.36. The van der Waals surface area contributed by atoms with Crippen LogP contribution in [0.3, 0.4) is 0 Å². The summed E-state index contributed by atoms with van der Waals surface area (Å²) in [5.41, 5.74) is 3.89. The van der Waals surface area contributed by atoms with Gasteiger partial charge in [-0.1, -0.05) is 24.3 Å². The maximum atomic E-state index is 10.9. The smallest absolute Gasteiger partial charge is 0.0956 e. The van der Waals surface area contributed by atoms with Crippen LogP contribution in [0.1, 0.15) is 37.3 Å². The van der Waals surface area contributed by atoms with Crippen LogP contribution in [0.4, 0.5) is 0 Å². The Morgan fingerprint density at radius 3 is 2.62 bits per heavy atom. The van der Waals surface area contributed by atoms with E-state index >= 15 is 0 Å². The highest BCUT2D eigenvalue weighted by molar-refractivity contribution is 5.69. The van der Waals surface area contributed by atoms with E-state index in [1.165, 1.54) is 42.5 Å². The minimum Gasteiger partial charge on any atom is -0.392 e. The van der Waals surface area contributed by atoms with Gasteiger partial charge in [-0.2, -0.15) is 0 Å². The first-order chi connectivity index (χ1) is 10.3. The van der Waals surface area contributed by atoms with E-state index in [0.717, 1.165) is 0 Å². The van der Waals surface area contributed by atoms with E-state index in [1.54, 1.807) is 0 Å². The van der Waals surface area contributed by atoms with Crippen molar-refractivity contribution in [3.63, 3.8) is 0 Å². The molecule has 3 saturated carbocycles. The summed E-state index contributed by atoms with van der Waals surface area (Å²) in [5.74, 6) is 1.53. The van der Waals surface area contributed by atoms with Crippen molar-refractivity contribution < 1.29 is 5.11 Å². The Hall–Kier alpha value is -1.61. The van der Waals surface area contributed by atoms with E-state index < -0.39 is 0 Å². The van der Waals surface area contributed by atoms with Crippen LogP contribution in [-0.2, 0) is 0 Å². The molecule has 3 fully saturated rings. The molecule has 3 aliphatic carbocycles. The Morgan fingerprint density at radius 2 is 1.81 bits per heavy atom. The summed E-state index contributed by atoms with van der Waals surface area (Å²) in [6.45, 7) is 0. The molecule has 2 heterocycles. The molecule has 2 aromatic rings. The Kier molecular flexibility index (Phi) is 2.40. The molecule has 1 aromatic heterocycles.